The van der Waals surface area contributed by atoms with E-state index in [0.29, 0.717) is 22.7 Å². The van der Waals surface area contributed by atoms with Crippen LogP contribution in [0.2, 0.25) is 0 Å². The van der Waals surface area contributed by atoms with Gasteiger partial charge in [-0.1, -0.05) is 6.07 Å². The highest BCUT2D eigenvalue weighted by Crippen LogP contribution is 2.33. The van der Waals surface area contributed by atoms with Crippen molar-refractivity contribution in [2.75, 3.05) is 19.0 Å². The third-order valence-electron chi connectivity index (χ3n) is 5.21. The molecule has 0 spiro atoms. The first-order chi connectivity index (χ1) is 14.4. The normalized spacial score (nSPS) is 24.8. The molecule has 5 N–H and O–H groups in total. The van der Waals surface area contributed by atoms with Crippen LogP contribution in [-0.2, 0) is 4.74 Å². The lowest BCUT2D eigenvalue weighted by atomic mass is 10.1. The number of aliphatic hydroxyl groups excluding tert-OH is 3. The van der Waals surface area contributed by atoms with Gasteiger partial charge in [-0.05, 0) is 24.6 Å². The zero-order valence-corrected chi connectivity index (χ0v) is 16.4. The van der Waals surface area contributed by atoms with Gasteiger partial charge in [0.2, 0.25) is 0 Å². The first kappa shape index (κ1) is 20.3. The number of aromatic hydroxyl groups is 1. The van der Waals surface area contributed by atoms with E-state index in [-0.39, 0.29) is 11.8 Å². The molecule has 11 heteroatoms. The number of imidazole rings is 1. The van der Waals surface area contributed by atoms with Crippen molar-refractivity contribution < 1.29 is 29.9 Å². The molecule has 2 unspecified atom stereocenters. The Hall–Kier alpha value is -2.99. The predicted octanol–water partition coefficient (Wildman–Crippen LogP) is 0.325. The second-order valence-corrected chi connectivity index (χ2v) is 7.07. The first-order valence-corrected chi connectivity index (χ1v) is 9.38. The molecule has 3 aromatic rings. The molecule has 0 aliphatic carbocycles. The number of hydrogen-bond acceptors (Lipinski definition) is 10. The molecular formula is C19H23N5O6. The maximum absolute atomic E-state index is 10.3. The third kappa shape index (κ3) is 3.41. The smallest absolute Gasteiger partial charge is 0.167 e. The van der Waals surface area contributed by atoms with Crippen molar-refractivity contribution in [1.29, 1.82) is 0 Å². The van der Waals surface area contributed by atoms with Gasteiger partial charge in [0.15, 0.2) is 34.7 Å². The number of benzene rings is 1. The van der Waals surface area contributed by atoms with Crippen molar-refractivity contribution in [3.63, 3.8) is 0 Å². The van der Waals surface area contributed by atoms with Crippen LogP contribution in [0.5, 0.6) is 11.5 Å². The first-order valence-electron chi connectivity index (χ1n) is 9.38. The van der Waals surface area contributed by atoms with Crippen molar-refractivity contribution in [3.8, 4) is 11.5 Å². The summed E-state index contributed by atoms with van der Waals surface area (Å²) in [5, 5.41) is 42.7. The van der Waals surface area contributed by atoms with Crippen LogP contribution in [0.1, 0.15) is 24.8 Å². The number of methoxy groups -OCH3 is 1. The van der Waals surface area contributed by atoms with Gasteiger partial charge in [0.25, 0.3) is 0 Å². The van der Waals surface area contributed by atoms with Crippen LogP contribution in [0.25, 0.3) is 11.2 Å². The van der Waals surface area contributed by atoms with Gasteiger partial charge in [0.05, 0.1) is 26.1 Å². The van der Waals surface area contributed by atoms with Crippen LogP contribution in [0.4, 0.5) is 5.82 Å². The van der Waals surface area contributed by atoms with Gasteiger partial charge < -0.3 is 35.2 Å². The van der Waals surface area contributed by atoms with Crippen molar-refractivity contribution in [2.45, 2.75) is 37.5 Å². The minimum atomic E-state index is -1.24. The molecule has 1 aliphatic rings. The second-order valence-electron chi connectivity index (χ2n) is 7.07. The number of fused-ring (bicyclic) bond motifs is 1. The molecule has 0 saturated carbocycles. The largest absolute Gasteiger partial charge is 0.504 e. The molecule has 1 fully saturated rings. The number of hydrogen-bond donors (Lipinski definition) is 5. The molecule has 0 bridgehead atoms. The zero-order valence-electron chi connectivity index (χ0n) is 16.4. The van der Waals surface area contributed by atoms with Gasteiger partial charge >= 0.3 is 0 Å². The zero-order chi connectivity index (χ0) is 21.4. The van der Waals surface area contributed by atoms with E-state index >= 15 is 0 Å². The fraction of sp³-hybridized carbons (Fsp3) is 0.421. The summed E-state index contributed by atoms with van der Waals surface area (Å²) in [6.45, 7) is 1.50. The Morgan fingerprint density at radius 3 is 2.73 bits per heavy atom. The lowest BCUT2D eigenvalue weighted by Gasteiger charge is -2.18. The van der Waals surface area contributed by atoms with E-state index in [1.165, 1.54) is 24.3 Å². The molecule has 2 aromatic heterocycles. The molecule has 3 heterocycles. The van der Waals surface area contributed by atoms with E-state index in [1.54, 1.807) is 18.2 Å². The van der Waals surface area contributed by atoms with Crippen molar-refractivity contribution in [2.24, 2.45) is 0 Å². The second kappa shape index (κ2) is 8.03. The van der Waals surface area contributed by atoms with E-state index < -0.39 is 31.1 Å². The van der Waals surface area contributed by atoms with Gasteiger partial charge in [-0.3, -0.25) is 4.57 Å². The quantitative estimate of drug-likeness (QED) is 0.379. The summed E-state index contributed by atoms with van der Waals surface area (Å²) in [6, 6.07) is 4.85. The Kier molecular flexibility index (Phi) is 5.43. The highest BCUT2D eigenvalue weighted by Gasteiger charge is 2.44. The lowest BCUT2D eigenvalue weighted by molar-refractivity contribution is -0.0511. The Balaban J connectivity index is 1.62. The van der Waals surface area contributed by atoms with E-state index in [9.17, 15) is 20.4 Å². The summed E-state index contributed by atoms with van der Waals surface area (Å²) in [6.07, 6.45) is -1.50. The number of ether oxygens (including phenoxy) is 2. The van der Waals surface area contributed by atoms with E-state index in [1.807, 2.05) is 6.92 Å². The molecule has 1 aliphatic heterocycles. The van der Waals surface area contributed by atoms with Gasteiger partial charge in [-0.2, -0.15) is 0 Å². The van der Waals surface area contributed by atoms with Crippen LogP contribution in [0.3, 0.4) is 0 Å². The van der Waals surface area contributed by atoms with Gasteiger partial charge in [0.1, 0.15) is 24.6 Å². The molecule has 160 valence electrons. The van der Waals surface area contributed by atoms with Crippen LogP contribution < -0.4 is 10.1 Å². The summed E-state index contributed by atoms with van der Waals surface area (Å²) >= 11 is 0. The number of phenolic OH excluding ortho intramolecular Hbond substituents is 1. The molecule has 0 radical (unpaired) electrons. The average Bonchev–Trinajstić information content (AvgIpc) is 3.30. The maximum atomic E-state index is 10.3. The topological polar surface area (TPSA) is 155 Å². The van der Waals surface area contributed by atoms with Crippen molar-refractivity contribution >= 4 is 17.0 Å². The minimum Gasteiger partial charge on any atom is -0.504 e. The monoisotopic (exact) mass is 417 g/mol. The number of rotatable bonds is 6. The Labute approximate surface area is 171 Å². The molecule has 4 rings (SSSR count). The van der Waals surface area contributed by atoms with Gasteiger partial charge in [-0.25, -0.2) is 15.0 Å². The number of nitrogens with zero attached hydrogens (tertiary/aromatic N) is 4. The number of phenols is 1. The number of aliphatic hydroxyl groups is 3. The fourth-order valence-electron chi connectivity index (χ4n) is 3.51. The Morgan fingerprint density at radius 2 is 2.03 bits per heavy atom. The summed E-state index contributed by atoms with van der Waals surface area (Å²) in [7, 11) is 1.48. The number of nitrogens with one attached hydrogen (secondary N) is 1. The molecule has 5 atom stereocenters. The van der Waals surface area contributed by atoms with E-state index in [0.717, 1.165) is 5.56 Å². The standard InChI is InChI=1S/C19H23N5O6/c1-9(10-3-4-11(26)12(5-10)29-2)23-17-14-18(21-7-20-17)24(8-22-14)19-16(28)15(27)13(6-25)30-19/h3-5,7-9,13,15-16,19,25-28H,6H2,1-2H3,(H,20,21,23)/t9?,13-,15?,16+,19-/m1/s1. The molecule has 1 saturated heterocycles. The Morgan fingerprint density at radius 1 is 1.23 bits per heavy atom. The van der Waals surface area contributed by atoms with E-state index in [2.05, 4.69) is 20.3 Å². The van der Waals surface area contributed by atoms with Crippen molar-refractivity contribution in [1.82, 2.24) is 19.5 Å². The minimum absolute atomic E-state index is 0.0510. The Bertz CT molecular complexity index is 1040. The van der Waals surface area contributed by atoms with Crippen LogP contribution in [-0.4, -0.2) is 72.0 Å². The maximum Gasteiger partial charge on any atom is 0.167 e. The lowest BCUT2D eigenvalue weighted by Crippen LogP contribution is -2.33. The fourth-order valence-corrected chi connectivity index (χ4v) is 3.51. The molecule has 11 nitrogen and oxygen atoms in total. The van der Waals surface area contributed by atoms with Gasteiger partial charge in [-0.15, -0.1) is 0 Å². The summed E-state index contributed by atoms with van der Waals surface area (Å²) in [5.41, 5.74) is 1.71. The predicted molar refractivity (Wildman–Crippen MR) is 105 cm³/mol. The highest BCUT2D eigenvalue weighted by atomic mass is 16.6. The summed E-state index contributed by atoms with van der Waals surface area (Å²) in [5.74, 6) is 0.878. The third-order valence-corrected chi connectivity index (χ3v) is 5.21. The average molecular weight is 417 g/mol. The summed E-state index contributed by atoms with van der Waals surface area (Å²) in [4.78, 5) is 12.8. The SMILES string of the molecule is COc1cc(C(C)Nc2ncnc3c2ncn3[C@@H]2O[C@H](CO)C(O)[C@@H]2O)ccc1O. The highest BCUT2D eigenvalue weighted by molar-refractivity contribution is 5.83. The molecule has 30 heavy (non-hydrogen) atoms. The molecular weight excluding hydrogens is 394 g/mol. The molecule has 0 amide bonds. The molecule has 1 aromatic carbocycles. The van der Waals surface area contributed by atoms with Crippen LogP contribution in [0, 0.1) is 0 Å². The van der Waals surface area contributed by atoms with Crippen LogP contribution >= 0.6 is 0 Å². The summed E-state index contributed by atoms with van der Waals surface area (Å²) < 4.78 is 12.2. The van der Waals surface area contributed by atoms with Gasteiger partial charge in [0, 0.05) is 0 Å². The van der Waals surface area contributed by atoms with Crippen molar-refractivity contribution in [3.05, 3.63) is 36.4 Å². The number of anilines is 1. The number of aromatic nitrogens is 4. The van der Waals surface area contributed by atoms with Crippen LogP contribution in [0.15, 0.2) is 30.9 Å². The van der Waals surface area contributed by atoms with E-state index in [4.69, 9.17) is 9.47 Å².